The van der Waals surface area contributed by atoms with Gasteiger partial charge in [0.1, 0.15) is 0 Å². The van der Waals surface area contributed by atoms with Gasteiger partial charge in [-0.1, -0.05) is 18.5 Å². The molecule has 0 bridgehead atoms. The summed E-state index contributed by atoms with van der Waals surface area (Å²) in [7, 11) is -1.72. The minimum atomic E-state index is -3.51. The van der Waals surface area contributed by atoms with Crippen molar-refractivity contribution in [2.45, 2.75) is 30.8 Å². The van der Waals surface area contributed by atoms with E-state index in [0.717, 1.165) is 12.0 Å². The molecule has 0 aromatic heterocycles. The molecule has 1 N–H and O–H groups in total. The fraction of sp³-hybridized carbons (Fsp3) is 0.571. The van der Waals surface area contributed by atoms with Gasteiger partial charge in [-0.15, -0.1) is 0 Å². The van der Waals surface area contributed by atoms with Crippen LogP contribution in [-0.4, -0.2) is 45.6 Å². The molecule has 118 valence electrons. The molecule has 0 aliphatic carbocycles. The Kier molecular flexibility index (Phi) is 5.62. The smallest absolute Gasteiger partial charge is 0.243 e. The molecule has 0 amide bonds. The number of halogens is 1. The highest BCUT2D eigenvalue weighted by atomic mass is 35.5. The lowest BCUT2D eigenvalue weighted by atomic mass is 10.2. The second-order valence-corrected chi connectivity index (χ2v) is 7.33. The van der Waals surface area contributed by atoms with E-state index in [1.807, 2.05) is 6.92 Å². The minimum absolute atomic E-state index is 0.104. The van der Waals surface area contributed by atoms with E-state index in [-0.39, 0.29) is 10.9 Å². The number of rotatable bonds is 5. The number of hydrogen-bond acceptors (Lipinski definition) is 4. The van der Waals surface area contributed by atoms with Gasteiger partial charge in [0, 0.05) is 24.2 Å². The summed E-state index contributed by atoms with van der Waals surface area (Å²) < 4.78 is 32.6. The maximum Gasteiger partial charge on any atom is 0.243 e. The molecule has 1 aliphatic heterocycles. The van der Waals surface area contributed by atoms with Crippen LogP contribution < -0.4 is 5.32 Å². The summed E-state index contributed by atoms with van der Waals surface area (Å²) in [6.07, 6.45) is 0.732. The number of nitrogens with one attached hydrogen (secondary N) is 1. The average Bonchev–Trinajstić information content (AvgIpc) is 2.49. The Morgan fingerprint density at radius 2 is 2.24 bits per heavy atom. The molecule has 1 heterocycles. The highest BCUT2D eigenvalue weighted by Gasteiger charge is 2.33. The van der Waals surface area contributed by atoms with Crippen molar-refractivity contribution in [3.63, 3.8) is 0 Å². The SMILES string of the molecule is CCC1COCCN1S(=O)(=O)c1ccc(Cl)c(CNC)c1. The lowest BCUT2D eigenvalue weighted by molar-refractivity contribution is 0.0314. The summed E-state index contributed by atoms with van der Waals surface area (Å²) in [5.41, 5.74) is 0.779. The summed E-state index contributed by atoms with van der Waals surface area (Å²) in [5, 5.41) is 3.56. The molecule has 0 radical (unpaired) electrons. The molecule has 21 heavy (non-hydrogen) atoms. The van der Waals surface area contributed by atoms with Gasteiger partial charge in [0.05, 0.1) is 18.1 Å². The van der Waals surface area contributed by atoms with Gasteiger partial charge in [-0.2, -0.15) is 4.31 Å². The third-order valence-corrected chi connectivity index (χ3v) is 5.95. The Balaban J connectivity index is 2.36. The maximum absolute atomic E-state index is 12.8. The summed E-state index contributed by atoms with van der Waals surface area (Å²) >= 11 is 6.10. The fourth-order valence-corrected chi connectivity index (χ4v) is 4.35. The molecule has 7 heteroatoms. The summed E-state index contributed by atoms with van der Waals surface area (Å²) in [5.74, 6) is 0. The first-order valence-corrected chi connectivity index (χ1v) is 8.85. The molecule has 1 atom stereocenters. The van der Waals surface area contributed by atoms with E-state index in [2.05, 4.69) is 5.32 Å². The van der Waals surface area contributed by atoms with Gasteiger partial charge in [0.15, 0.2) is 0 Å². The molecule has 1 saturated heterocycles. The Bertz CT molecular complexity index is 592. The number of morpholine rings is 1. The molecule has 1 aliphatic rings. The van der Waals surface area contributed by atoms with Crippen molar-refractivity contribution in [3.8, 4) is 0 Å². The summed E-state index contributed by atoms with van der Waals surface area (Å²) in [4.78, 5) is 0.289. The molecule has 5 nitrogen and oxygen atoms in total. The van der Waals surface area contributed by atoms with Crippen LogP contribution in [0.15, 0.2) is 23.1 Å². The van der Waals surface area contributed by atoms with Crippen molar-refractivity contribution in [2.24, 2.45) is 0 Å². The molecule has 2 rings (SSSR count). The van der Waals surface area contributed by atoms with Crippen LogP contribution in [-0.2, 0) is 21.3 Å². The van der Waals surface area contributed by atoms with Crippen LogP contribution >= 0.6 is 11.6 Å². The first kappa shape index (κ1) is 16.7. The van der Waals surface area contributed by atoms with Crippen LogP contribution in [0.5, 0.6) is 0 Å². The highest BCUT2D eigenvalue weighted by Crippen LogP contribution is 2.26. The molecular weight excluding hydrogens is 312 g/mol. The van der Waals surface area contributed by atoms with Gasteiger partial charge in [-0.25, -0.2) is 8.42 Å². The standard InChI is InChI=1S/C14H21ClN2O3S/c1-3-12-10-20-7-6-17(12)21(18,19)13-4-5-14(15)11(8-13)9-16-2/h4-5,8,12,16H,3,6-7,9-10H2,1-2H3. The monoisotopic (exact) mass is 332 g/mol. The Morgan fingerprint density at radius 3 is 2.90 bits per heavy atom. The van der Waals surface area contributed by atoms with E-state index in [0.29, 0.717) is 31.3 Å². The molecule has 1 unspecified atom stereocenters. The van der Waals surface area contributed by atoms with E-state index < -0.39 is 10.0 Å². The first-order valence-electron chi connectivity index (χ1n) is 7.03. The van der Waals surface area contributed by atoms with Crippen LogP contribution in [0, 0.1) is 0 Å². The largest absolute Gasteiger partial charge is 0.378 e. The van der Waals surface area contributed by atoms with E-state index in [9.17, 15) is 8.42 Å². The molecule has 1 fully saturated rings. The Hall–Kier alpha value is -0.660. The van der Waals surface area contributed by atoms with Gasteiger partial charge in [0.2, 0.25) is 10.0 Å². The number of nitrogens with zero attached hydrogens (tertiary/aromatic N) is 1. The zero-order valence-electron chi connectivity index (χ0n) is 12.3. The Labute approximate surface area is 131 Å². The van der Waals surface area contributed by atoms with Gasteiger partial charge in [-0.3, -0.25) is 0 Å². The number of ether oxygens (including phenoxy) is 1. The summed E-state index contributed by atoms with van der Waals surface area (Å²) in [6, 6.07) is 4.75. The zero-order valence-corrected chi connectivity index (χ0v) is 13.9. The lowest BCUT2D eigenvalue weighted by Gasteiger charge is -2.34. The van der Waals surface area contributed by atoms with Crippen LogP contribution in [0.2, 0.25) is 5.02 Å². The number of benzene rings is 1. The molecule has 1 aromatic carbocycles. The predicted octanol–water partition coefficient (Wildman–Crippen LogP) is 1.86. The fourth-order valence-electron chi connectivity index (χ4n) is 2.45. The van der Waals surface area contributed by atoms with Crippen LogP contribution in [0.1, 0.15) is 18.9 Å². The third-order valence-electron chi connectivity index (χ3n) is 3.64. The van der Waals surface area contributed by atoms with Gasteiger partial charge < -0.3 is 10.1 Å². The van der Waals surface area contributed by atoms with Crippen molar-refractivity contribution >= 4 is 21.6 Å². The lowest BCUT2D eigenvalue weighted by Crippen LogP contribution is -2.48. The van der Waals surface area contributed by atoms with E-state index in [4.69, 9.17) is 16.3 Å². The molecule has 0 saturated carbocycles. The molecule has 1 aromatic rings. The Morgan fingerprint density at radius 1 is 1.48 bits per heavy atom. The van der Waals surface area contributed by atoms with Crippen molar-refractivity contribution in [3.05, 3.63) is 28.8 Å². The van der Waals surface area contributed by atoms with Crippen molar-refractivity contribution < 1.29 is 13.2 Å². The highest BCUT2D eigenvalue weighted by molar-refractivity contribution is 7.89. The van der Waals surface area contributed by atoms with E-state index in [1.165, 1.54) is 0 Å². The topological polar surface area (TPSA) is 58.6 Å². The second kappa shape index (κ2) is 7.07. The quantitative estimate of drug-likeness (QED) is 0.894. The van der Waals surface area contributed by atoms with Crippen molar-refractivity contribution in [1.29, 1.82) is 0 Å². The number of sulfonamides is 1. The third kappa shape index (κ3) is 3.57. The molecular formula is C14H21ClN2O3S. The minimum Gasteiger partial charge on any atom is -0.378 e. The van der Waals surface area contributed by atoms with Crippen LogP contribution in [0.3, 0.4) is 0 Å². The van der Waals surface area contributed by atoms with Crippen molar-refractivity contribution in [2.75, 3.05) is 26.8 Å². The second-order valence-electron chi connectivity index (χ2n) is 5.04. The van der Waals surface area contributed by atoms with Gasteiger partial charge in [-0.05, 0) is 37.2 Å². The normalized spacial score (nSPS) is 20.6. The summed E-state index contributed by atoms with van der Waals surface area (Å²) in [6.45, 7) is 3.78. The van der Waals surface area contributed by atoms with Gasteiger partial charge in [0.25, 0.3) is 0 Å². The predicted molar refractivity (Wildman–Crippen MR) is 83.0 cm³/mol. The van der Waals surface area contributed by atoms with E-state index >= 15 is 0 Å². The number of hydrogen-bond donors (Lipinski definition) is 1. The average molecular weight is 333 g/mol. The zero-order chi connectivity index (χ0) is 15.5. The first-order chi connectivity index (χ1) is 10.0. The van der Waals surface area contributed by atoms with Crippen molar-refractivity contribution in [1.82, 2.24) is 9.62 Å². The maximum atomic E-state index is 12.8. The van der Waals surface area contributed by atoms with Crippen LogP contribution in [0.25, 0.3) is 0 Å². The van der Waals surface area contributed by atoms with E-state index in [1.54, 1.807) is 29.6 Å². The van der Waals surface area contributed by atoms with Crippen LogP contribution in [0.4, 0.5) is 0 Å². The molecule has 0 spiro atoms. The van der Waals surface area contributed by atoms with Gasteiger partial charge >= 0.3 is 0 Å².